The second kappa shape index (κ2) is 16.1. The third-order valence-corrected chi connectivity index (χ3v) is 15.6. The van der Waals surface area contributed by atoms with Crippen LogP contribution in [0.1, 0.15) is 120 Å². The number of ether oxygens (including phenoxy) is 1. The van der Waals surface area contributed by atoms with E-state index in [0.717, 1.165) is 65.8 Å². The summed E-state index contributed by atoms with van der Waals surface area (Å²) in [5, 5.41) is 23.0. The van der Waals surface area contributed by atoms with Gasteiger partial charge in [-0.1, -0.05) is 75.2 Å². The van der Waals surface area contributed by atoms with Crippen LogP contribution in [-0.2, 0) is 6.42 Å². The Balaban J connectivity index is 0.788. The van der Waals surface area contributed by atoms with Crippen molar-refractivity contribution in [1.29, 1.82) is 5.26 Å². The molecule has 1 amide bonds. The summed E-state index contributed by atoms with van der Waals surface area (Å²) in [5.74, 6) is 3.27. The van der Waals surface area contributed by atoms with E-state index >= 15 is 0 Å². The molecule has 65 heavy (non-hydrogen) atoms. The maximum absolute atomic E-state index is 13.6. The normalized spacial score (nSPS) is 21.2. The summed E-state index contributed by atoms with van der Waals surface area (Å²) in [5.41, 5.74) is 7.20. The van der Waals surface area contributed by atoms with Gasteiger partial charge in [-0.2, -0.15) is 5.26 Å². The van der Waals surface area contributed by atoms with Crippen molar-refractivity contribution in [2.75, 3.05) is 18.0 Å². The number of allylic oxidation sites excluding steroid dienone is 1. The predicted octanol–water partition coefficient (Wildman–Crippen LogP) is 9.77. The third-order valence-electron chi connectivity index (χ3n) is 14.1. The van der Waals surface area contributed by atoms with E-state index in [1.54, 1.807) is 54.4 Å². The summed E-state index contributed by atoms with van der Waals surface area (Å²) in [7, 11) is 0. The van der Waals surface area contributed by atoms with E-state index in [-0.39, 0.29) is 40.3 Å². The van der Waals surface area contributed by atoms with Gasteiger partial charge in [-0.05, 0) is 75.1 Å². The Labute approximate surface area is 387 Å². The molecule has 6 heterocycles. The van der Waals surface area contributed by atoms with E-state index in [2.05, 4.69) is 108 Å². The minimum absolute atomic E-state index is 0.168. The fraction of sp³-hybridized carbons (Fsp3) is 0.400. The van der Waals surface area contributed by atoms with Gasteiger partial charge in [0.05, 0.1) is 34.5 Å². The van der Waals surface area contributed by atoms with Crippen molar-refractivity contribution in [3.63, 3.8) is 0 Å². The Morgan fingerprint density at radius 3 is 2.49 bits per heavy atom. The van der Waals surface area contributed by atoms with Crippen molar-refractivity contribution in [2.24, 2.45) is 21.2 Å². The first-order valence-corrected chi connectivity index (χ1v) is 23.4. The highest BCUT2D eigenvalue weighted by Crippen LogP contribution is 2.56. The topological polar surface area (TPSA) is 160 Å². The number of nitrogens with zero attached hydrogens (tertiary/aromatic N) is 9. The molecule has 4 aromatic heterocycles. The average Bonchev–Trinajstić information content (AvgIpc) is 3.99. The van der Waals surface area contributed by atoms with Gasteiger partial charge in [0.2, 0.25) is 5.95 Å². The highest BCUT2D eigenvalue weighted by Gasteiger charge is 2.64. The maximum atomic E-state index is 13.6. The number of thiophene rings is 1. The predicted molar refractivity (Wildman–Crippen MR) is 251 cm³/mol. The van der Waals surface area contributed by atoms with Crippen LogP contribution >= 0.6 is 22.9 Å². The van der Waals surface area contributed by atoms with Crippen LogP contribution in [0.3, 0.4) is 0 Å². The Morgan fingerprint density at radius 1 is 1.05 bits per heavy atom. The number of amides is 1. The van der Waals surface area contributed by atoms with Crippen molar-refractivity contribution < 1.29 is 13.9 Å². The number of halogens is 1. The number of aryl methyl sites for hydroxylation is 2. The zero-order valence-electron chi connectivity index (χ0n) is 37.6. The number of rotatable bonds is 9. The number of hydrogen-bond donors (Lipinski definition) is 1. The number of piperidine rings is 1. The lowest BCUT2D eigenvalue weighted by atomic mass is 9.49. The molecule has 2 aromatic carbocycles. The largest absolute Gasteiger partial charge is 0.489 e. The number of hydrogen-bond acceptors (Lipinski definition) is 12. The molecule has 15 heteroatoms. The van der Waals surface area contributed by atoms with Crippen LogP contribution in [0.5, 0.6) is 5.75 Å². The van der Waals surface area contributed by atoms with Gasteiger partial charge in [0.25, 0.3) is 5.91 Å². The molecule has 10 rings (SSSR count). The van der Waals surface area contributed by atoms with Gasteiger partial charge in [-0.15, -0.1) is 21.5 Å². The molecule has 6 aromatic rings. The van der Waals surface area contributed by atoms with Gasteiger partial charge in [0, 0.05) is 64.4 Å². The molecule has 0 unspecified atom stereocenters. The smallest absolute Gasteiger partial charge is 0.254 e. The number of carbonyl (C=O) groups is 1. The van der Waals surface area contributed by atoms with Gasteiger partial charge in [0.1, 0.15) is 41.1 Å². The number of aliphatic imine (C=N–C) groups is 1. The molecule has 4 aliphatic rings. The zero-order valence-corrected chi connectivity index (χ0v) is 39.2. The summed E-state index contributed by atoms with van der Waals surface area (Å²) >= 11 is 8.03. The van der Waals surface area contributed by atoms with Crippen LogP contribution in [0.2, 0.25) is 5.02 Å². The van der Waals surface area contributed by atoms with Crippen molar-refractivity contribution in [2.45, 2.75) is 98.8 Å². The molecular weight excluding hydrogens is 856 g/mol. The first-order chi connectivity index (χ1) is 31.1. The number of aromatic nitrogens is 6. The van der Waals surface area contributed by atoms with Crippen molar-refractivity contribution in [3.8, 4) is 16.8 Å². The van der Waals surface area contributed by atoms with Crippen LogP contribution in [0.15, 0.2) is 82.3 Å². The Hall–Kier alpha value is -6.17. The molecule has 0 radical (unpaired) electrons. The van der Waals surface area contributed by atoms with Gasteiger partial charge in [-0.3, -0.25) is 14.4 Å². The average molecular weight is 908 g/mol. The fourth-order valence-corrected chi connectivity index (χ4v) is 12.5. The van der Waals surface area contributed by atoms with Gasteiger partial charge >= 0.3 is 0 Å². The third kappa shape index (κ3) is 7.52. The lowest BCUT2D eigenvalue weighted by molar-refractivity contribution is -0.164. The Bertz CT molecular complexity index is 2900. The molecule has 1 atom stereocenters. The van der Waals surface area contributed by atoms with Crippen LogP contribution in [-0.4, -0.2) is 66.6 Å². The second-order valence-electron chi connectivity index (χ2n) is 19.4. The lowest BCUT2D eigenvalue weighted by Gasteiger charge is -2.63. The van der Waals surface area contributed by atoms with Crippen LogP contribution in [0.4, 0.5) is 5.95 Å². The molecule has 0 bridgehead atoms. The molecule has 3 fully saturated rings. The first-order valence-electron chi connectivity index (χ1n) is 22.2. The van der Waals surface area contributed by atoms with Gasteiger partial charge in [-0.25, -0.2) is 15.0 Å². The summed E-state index contributed by atoms with van der Waals surface area (Å²) in [6, 6.07) is 15.5. The molecular formula is C50H51ClN10O3S. The van der Waals surface area contributed by atoms with E-state index in [0.29, 0.717) is 40.2 Å². The van der Waals surface area contributed by atoms with Crippen molar-refractivity contribution >= 4 is 46.6 Å². The fourth-order valence-electron chi connectivity index (χ4n) is 11.1. The van der Waals surface area contributed by atoms with Crippen LogP contribution in [0.25, 0.3) is 11.1 Å². The molecule has 1 saturated heterocycles. The molecule has 1 spiro atoms. The number of nitriles is 1. The minimum atomic E-state index is -0.382. The van der Waals surface area contributed by atoms with Crippen molar-refractivity contribution in [3.05, 3.63) is 134 Å². The summed E-state index contributed by atoms with van der Waals surface area (Å²) < 4.78 is 14.2. The van der Waals surface area contributed by atoms with Crippen molar-refractivity contribution in [1.82, 2.24) is 35.0 Å². The lowest BCUT2D eigenvalue weighted by Crippen LogP contribution is -2.74. The van der Waals surface area contributed by atoms with Gasteiger partial charge < -0.3 is 19.4 Å². The number of nitrogens with one attached hydrogen (secondary N) is 1. The number of carbonyl (C=O) groups excluding carboxylic acids is 1. The highest BCUT2D eigenvalue weighted by atomic mass is 35.5. The van der Waals surface area contributed by atoms with E-state index in [1.165, 1.54) is 28.0 Å². The number of benzene rings is 2. The van der Waals surface area contributed by atoms with E-state index in [4.69, 9.17) is 35.7 Å². The number of oxazole rings is 1. The van der Waals surface area contributed by atoms with Crippen LogP contribution < -0.4 is 15.0 Å². The monoisotopic (exact) mass is 906 g/mol. The van der Waals surface area contributed by atoms with E-state index in [9.17, 15) is 10.1 Å². The molecule has 1 N–H and O–H groups in total. The quantitative estimate of drug-likeness (QED) is 0.148. The molecule has 2 aliphatic carbocycles. The molecule has 2 aliphatic heterocycles. The molecule has 2 saturated carbocycles. The molecule has 13 nitrogen and oxygen atoms in total. The van der Waals surface area contributed by atoms with Crippen LogP contribution in [0, 0.1) is 48.3 Å². The summed E-state index contributed by atoms with van der Waals surface area (Å²) in [6.07, 6.45) is 13.5. The first kappa shape index (κ1) is 42.8. The molecule has 332 valence electrons. The maximum Gasteiger partial charge on any atom is 0.254 e. The number of fused-ring (bicyclic) bond motifs is 3. The van der Waals surface area contributed by atoms with E-state index in [1.807, 2.05) is 6.92 Å². The Morgan fingerprint density at radius 2 is 1.80 bits per heavy atom. The minimum Gasteiger partial charge on any atom is -0.489 e. The summed E-state index contributed by atoms with van der Waals surface area (Å²) in [4.78, 5) is 36.4. The number of anilines is 1. The van der Waals surface area contributed by atoms with E-state index < -0.39 is 0 Å². The van der Waals surface area contributed by atoms with Gasteiger partial charge in [0.15, 0.2) is 11.7 Å². The standard InChI is InChI=1S/C50H51ClN10O3S/c1-28-29(2)65-44-40(28)41(56-38(21-39-53-16-18-63-39)42-59-58-30(3)61(42)44)33-11-9-31(10-12-33)19-32-22-50(23-32)15-8-17-60(27-50)47-54-25-35(26-55-47)43(62)57-45-48(4,5)46(49(45,6)7)64-36-14-13-34(24-52)37(51)20-36/h9-14,16,18-20,25-26,38,45-46H,8,15,17,21-23,27H2,1-7H3,(H,57,62)/t38-,45?,46?,50?/m0/s1. The Kier molecular flexibility index (Phi) is 10.6. The second-order valence-corrected chi connectivity index (χ2v) is 21.0. The SMILES string of the molecule is Cc1sc2c(c1C)C(c1ccc(C=C3CC4(CCCN(c5ncc(C(=O)NC6C(C)(C)C(Oc7ccc(C#N)c(Cl)c7)C6(C)C)cn5)C4)C3)cc1)=N[C@@H](Cc1ncco1)c1nnc(C)n1-2. The zero-order chi connectivity index (χ0) is 45.4. The summed E-state index contributed by atoms with van der Waals surface area (Å²) in [6.45, 7) is 16.5. The highest BCUT2D eigenvalue weighted by molar-refractivity contribution is 7.15.